The van der Waals surface area contributed by atoms with Gasteiger partial charge in [-0.25, -0.2) is 0 Å². The third-order valence-electron chi connectivity index (χ3n) is 5.80. The van der Waals surface area contributed by atoms with E-state index < -0.39 is 53.6 Å². The van der Waals surface area contributed by atoms with Crippen LogP contribution in [0.15, 0.2) is 35.4 Å². The number of esters is 1. The van der Waals surface area contributed by atoms with Gasteiger partial charge in [0.1, 0.15) is 17.6 Å². The minimum atomic E-state index is -0.895. The normalized spacial score (nSPS) is 23.5. The van der Waals surface area contributed by atoms with Crippen molar-refractivity contribution in [2.24, 2.45) is 5.11 Å². The Morgan fingerprint density at radius 1 is 1.21 bits per heavy atom. The summed E-state index contributed by atoms with van der Waals surface area (Å²) in [5, 5.41) is 25.0. The van der Waals surface area contributed by atoms with Gasteiger partial charge in [0.15, 0.2) is 17.9 Å². The van der Waals surface area contributed by atoms with E-state index in [0.29, 0.717) is 0 Å². The van der Waals surface area contributed by atoms with Crippen LogP contribution in [-0.2, 0) is 25.6 Å². The number of hydrogen-bond acceptors (Lipinski definition) is 9. The maximum absolute atomic E-state index is 13.0. The molecule has 2 aromatic carbocycles. The fraction of sp³-hybridized carbons (Fsp3) is 0.348. The molecule has 0 spiro atoms. The SMILES string of the molecule is CC(=O)O[C@@H]1[C@@H](N=[N+]=[N-])C[C@H](OCc2cc(O)c3c(c2O)C(=O)c2ccccc2C3=O)O[C@H]1C. The Morgan fingerprint density at radius 3 is 2.47 bits per heavy atom. The van der Waals surface area contributed by atoms with Crippen LogP contribution in [0.25, 0.3) is 10.4 Å². The number of hydrogen-bond donors (Lipinski definition) is 2. The van der Waals surface area contributed by atoms with E-state index in [0.717, 1.165) is 6.07 Å². The van der Waals surface area contributed by atoms with E-state index in [1.807, 2.05) is 0 Å². The predicted molar refractivity (Wildman–Crippen MR) is 115 cm³/mol. The zero-order valence-electron chi connectivity index (χ0n) is 18.3. The smallest absolute Gasteiger partial charge is 0.303 e. The summed E-state index contributed by atoms with van der Waals surface area (Å²) < 4.78 is 16.6. The highest BCUT2D eigenvalue weighted by Crippen LogP contribution is 2.40. The molecule has 0 amide bonds. The van der Waals surface area contributed by atoms with Crippen molar-refractivity contribution in [1.82, 2.24) is 0 Å². The summed E-state index contributed by atoms with van der Waals surface area (Å²) in [5.74, 6) is -2.64. The van der Waals surface area contributed by atoms with Crippen LogP contribution in [0.3, 0.4) is 0 Å². The van der Waals surface area contributed by atoms with Crippen LogP contribution in [-0.4, -0.2) is 52.3 Å². The van der Waals surface area contributed by atoms with Gasteiger partial charge in [-0.3, -0.25) is 14.4 Å². The first-order chi connectivity index (χ1) is 16.2. The Bertz CT molecular complexity index is 1240. The highest BCUT2D eigenvalue weighted by atomic mass is 16.7. The molecule has 176 valence electrons. The van der Waals surface area contributed by atoms with Gasteiger partial charge in [0.2, 0.25) is 0 Å². The molecule has 11 heteroatoms. The number of ether oxygens (including phenoxy) is 3. The summed E-state index contributed by atoms with van der Waals surface area (Å²) in [4.78, 5) is 40.0. The molecule has 4 atom stereocenters. The number of benzene rings is 2. The second-order valence-electron chi connectivity index (χ2n) is 8.02. The van der Waals surface area contributed by atoms with Crippen LogP contribution >= 0.6 is 0 Å². The molecule has 34 heavy (non-hydrogen) atoms. The van der Waals surface area contributed by atoms with E-state index in [-0.39, 0.29) is 40.8 Å². The molecule has 2 N–H and O–H groups in total. The number of carbonyl (C=O) groups is 3. The monoisotopic (exact) mass is 467 g/mol. The molecule has 2 aromatic rings. The highest BCUT2D eigenvalue weighted by molar-refractivity contribution is 6.30. The number of phenolic OH excluding ortho intramolecular Hbond substituents is 2. The molecule has 0 saturated carbocycles. The van der Waals surface area contributed by atoms with Crippen LogP contribution in [0.5, 0.6) is 11.5 Å². The molecule has 11 nitrogen and oxygen atoms in total. The van der Waals surface area contributed by atoms with Gasteiger partial charge in [0, 0.05) is 34.9 Å². The van der Waals surface area contributed by atoms with Crippen molar-refractivity contribution >= 4 is 17.5 Å². The molecule has 0 bridgehead atoms. The van der Waals surface area contributed by atoms with E-state index in [4.69, 9.17) is 19.7 Å². The maximum atomic E-state index is 13.0. The molecular weight excluding hydrogens is 446 g/mol. The topological polar surface area (TPSA) is 168 Å². The summed E-state index contributed by atoms with van der Waals surface area (Å²) >= 11 is 0. The number of fused-ring (bicyclic) bond motifs is 2. The van der Waals surface area contributed by atoms with E-state index in [9.17, 15) is 24.6 Å². The van der Waals surface area contributed by atoms with Gasteiger partial charge in [-0.05, 0) is 18.5 Å². The lowest BCUT2D eigenvalue weighted by Crippen LogP contribution is -2.48. The van der Waals surface area contributed by atoms with Gasteiger partial charge in [0.25, 0.3) is 0 Å². The highest BCUT2D eigenvalue weighted by Gasteiger charge is 2.39. The quantitative estimate of drug-likeness (QED) is 0.190. The first kappa shape index (κ1) is 23.2. The van der Waals surface area contributed by atoms with Crippen molar-refractivity contribution in [3.8, 4) is 11.5 Å². The molecule has 0 unspecified atom stereocenters. The molecule has 1 aliphatic carbocycles. The molecule has 2 aliphatic rings. The Balaban J connectivity index is 1.57. The molecule has 1 fully saturated rings. The van der Waals surface area contributed by atoms with Crippen LogP contribution in [0, 0.1) is 0 Å². The molecule has 1 heterocycles. The van der Waals surface area contributed by atoms with Gasteiger partial charge in [-0.1, -0.05) is 29.4 Å². The summed E-state index contributed by atoms with van der Waals surface area (Å²) in [6.45, 7) is 2.58. The maximum Gasteiger partial charge on any atom is 0.303 e. The summed E-state index contributed by atoms with van der Waals surface area (Å²) in [6, 6.07) is 6.58. The first-order valence-corrected chi connectivity index (χ1v) is 10.5. The van der Waals surface area contributed by atoms with Crippen molar-refractivity contribution in [3.05, 3.63) is 68.6 Å². The van der Waals surface area contributed by atoms with Crippen molar-refractivity contribution in [2.75, 3.05) is 0 Å². The minimum absolute atomic E-state index is 0.0643. The van der Waals surface area contributed by atoms with Gasteiger partial charge in [-0.2, -0.15) is 0 Å². The van der Waals surface area contributed by atoms with Gasteiger partial charge in [0.05, 0.1) is 29.9 Å². The molecule has 4 rings (SSSR count). The number of aromatic hydroxyl groups is 2. The van der Waals surface area contributed by atoms with Crippen LogP contribution < -0.4 is 0 Å². The standard InChI is InChI=1S/C23H21N3O8/c1-10-23(34-11(2)27)15(25-26-24)8-17(33-10)32-9-12-7-16(28)18-19(20(12)29)22(31)14-6-4-3-5-13(14)21(18)30/h3-7,10,15,17,23,28-29H,8-9H2,1-2H3/t10-,15-,17+,23-/m0/s1. The largest absolute Gasteiger partial charge is 0.507 e. The summed E-state index contributed by atoms with van der Waals surface area (Å²) in [5.41, 5.74) is 8.65. The fourth-order valence-electron chi connectivity index (χ4n) is 4.27. The summed E-state index contributed by atoms with van der Waals surface area (Å²) in [6.07, 6.45) is -2.28. The first-order valence-electron chi connectivity index (χ1n) is 10.5. The number of azide groups is 1. The number of ketones is 2. The second-order valence-corrected chi connectivity index (χ2v) is 8.02. The molecule has 0 aromatic heterocycles. The lowest BCUT2D eigenvalue weighted by Gasteiger charge is -2.37. The van der Waals surface area contributed by atoms with E-state index in [1.54, 1.807) is 19.1 Å². The van der Waals surface area contributed by atoms with Crippen LogP contribution in [0.2, 0.25) is 0 Å². The Hall–Kier alpha value is -3.92. The number of rotatable bonds is 5. The lowest BCUT2D eigenvalue weighted by molar-refractivity contribution is -0.233. The number of nitrogens with zero attached hydrogens (tertiary/aromatic N) is 3. The van der Waals surface area contributed by atoms with Gasteiger partial charge < -0.3 is 24.4 Å². The second kappa shape index (κ2) is 9.14. The summed E-state index contributed by atoms with van der Waals surface area (Å²) in [7, 11) is 0. The zero-order chi connectivity index (χ0) is 24.6. The number of carbonyl (C=O) groups excluding carboxylic acids is 3. The Morgan fingerprint density at radius 2 is 1.85 bits per heavy atom. The Labute approximate surface area is 193 Å². The fourth-order valence-corrected chi connectivity index (χ4v) is 4.27. The third kappa shape index (κ3) is 4.08. The zero-order valence-corrected chi connectivity index (χ0v) is 18.3. The van der Waals surface area contributed by atoms with Crippen molar-refractivity contribution in [2.45, 2.75) is 51.4 Å². The minimum Gasteiger partial charge on any atom is -0.507 e. The average molecular weight is 467 g/mol. The predicted octanol–water partition coefficient (Wildman–Crippen LogP) is 3.14. The van der Waals surface area contributed by atoms with E-state index in [1.165, 1.54) is 19.1 Å². The van der Waals surface area contributed by atoms with E-state index in [2.05, 4.69) is 10.0 Å². The van der Waals surface area contributed by atoms with Gasteiger partial charge in [-0.15, -0.1) is 0 Å². The molecule has 1 saturated heterocycles. The molecular formula is C23H21N3O8. The van der Waals surface area contributed by atoms with Crippen LogP contribution in [0.4, 0.5) is 0 Å². The lowest BCUT2D eigenvalue weighted by atomic mass is 9.82. The third-order valence-corrected chi connectivity index (χ3v) is 5.80. The van der Waals surface area contributed by atoms with Crippen molar-refractivity contribution in [1.29, 1.82) is 0 Å². The number of phenols is 2. The van der Waals surface area contributed by atoms with Gasteiger partial charge >= 0.3 is 5.97 Å². The molecule has 1 aliphatic heterocycles. The van der Waals surface area contributed by atoms with Crippen molar-refractivity contribution in [3.63, 3.8) is 0 Å². The Kier molecular flexibility index (Phi) is 6.25. The average Bonchev–Trinajstić information content (AvgIpc) is 2.80. The molecule has 0 radical (unpaired) electrons. The van der Waals surface area contributed by atoms with E-state index >= 15 is 0 Å². The van der Waals surface area contributed by atoms with Crippen molar-refractivity contribution < 1.29 is 38.8 Å². The van der Waals surface area contributed by atoms with Crippen LogP contribution in [0.1, 0.15) is 57.7 Å².